The van der Waals surface area contributed by atoms with E-state index in [0.717, 1.165) is 32.0 Å². The van der Waals surface area contributed by atoms with Crippen LogP contribution in [0, 0.1) is 6.92 Å². The highest BCUT2D eigenvalue weighted by Gasteiger charge is 2.14. The topological polar surface area (TPSA) is 63.2 Å². The van der Waals surface area contributed by atoms with E-state index >= 15 is 0 Å². The van der Waals surface area contributed by atoms with E-state index in [2.05, 4.69) is 32.6 Å². The molecule has 0 saturated carbocycles. The Morgan fingerprint density at radius 3 is 2.72 bits per heavy atom. The minimum absolute atomic E-state index is 0.226. The Morgan fingerprint density at radius 2 is 1.97 bits per heavy atom. The molecule has 0 aliphatic rings. The van der Waals surface area contributed by atoms with E-state index < -0.39 is 0 Å². The largest absolute Gasteiger partial charge is 0.493 e. The number of thiocarbonyl (C=S) groups is 1. The molecule has 32 heavy (non-hydrogen) atoms. The number of nitrogens with zero attached hydrogens (tertiary/aromatic N) is 1. The summed E-state index contributed by atoms with van der Waals surface area (Å²) < 4.78 is 7.35. The number of aromatic nitrogens is 1. The number of benzene rings is 3. The second-order valence-corrected chi connectivity index (χ2v) is 9.24. The number of hydrogen-bond donors (Lipinski definition) is 2. The molecule has 1 amide bonds. The quantitative estimate of drug-likeness (QED) is 0.289. The number of para-hydroxylation sites is 1. The van der Waals surface area contributed by atoms with Gasteiger partial charge in [0.1, 0.15) is 10.8 Å². The summed E-state index contributed by atoms with van der Waals surface area (Å²) in [5, 5.41) is 7.05. The minimum Gasteiger partial charge on any atom is -0.493 e. The van der Waals surface area contributed by atoms with Gasteiger partial charge in [-0.1, -0.05) is 24.3 Å². The van der Waals surface area contributed by atoms with Crippen molar-refractivity contribution >= 4 is 66.4 Å². The van der Waals surface area contributed by atoms with Gasteiger partial charge in [0, 0.05) is 16.8 Å². The van der Waals surface area contributed by atoms with Crippen molar-refractivity contribution in [2.75, 3.05) is 11.9 Å². The number of carbonyl (C=O) groups is 1. The SMILES string of the molecule is CCOc1ccc(C(=O)NC(=S)Nc2cccc(-c3nc4ccccc4s3)c2C)cc1Br. The molecular weight excluding hydrogens is 506 g/mol. The molecule has 4 aromatic rings. The van der Waals surface area contributed by atoms with Gasteiger partial charge in [-0.25, -0.2) is 4.98 Å². The molecule has 0 aliphatic heterocycles. The summed E-state index contributed by atoms with van der Waals surface area (Å²) in [5.41, 5.74) is 4.31. The molecule has 0 fully saturated rings. The van der Waals surface area contributed by atoms with Crippen LogP contribution in [0.3, 0.4) is 0 Å². The molecular formula is C24H20BrN3O2S2. The average molecular weight is 526 g/mol. The monoisotopic (exact) mass is 525 g/mol. The van der Waals surface area contributed by atoms with E-state index in [1.165, 1.54) is 0 Å². The minimum atomic E-state index is -0.300. The summed E-state index contributed by atoms with van der Waals surface area (Å²) >= 11 is 10.5. The van der Waals surface area contributed by atoms with Gasteiger partial charge in [-0.05, 0) is 84.0 Å². The Bertz CT molecular complexity index is 1290. The standard InChI is InChI=1S/C24H20BrN3O2S2/c1-3-30-20-12-11-15(13-17(20)25)22(29)28-24(31)27-18-9-6-7-16(14(18)2)23-26-19-8-4-5-10-21(19)32-23/h4-13H,3H2,1-2H3,(H2,27,28,29,31). The summed E-state index contributed by atoms with van der Waals surface area (Å²) in [6.07, 6.45) is 0. The van der Waals surface area contributed by atoms with Crippen molar-refractivity contribution in [3.63, 3.8) is 0 Å². The molecule has 0 unspecified atom stereocenters. The molecule has 0 spiro atoms. The fourth-order valence-corrected chi connectivity index (χ4v) is 4.98. The number of ether oxygens (including phenoxy) is 1. The van der Waals surface area contributed by atoms with E-state index in [0.29, 0.717) is 22.4 Å². The molecule has 162 valence electrons. The van der Waals surface area contributed by atoms with Crippen molar-refractivity contribution in [3.8, 4) is 16.3 Å². The Balaban J connectivity index is 1.49. The highest BCUT2D eigenvalue weighted by molar-refractivity contribution is 9.10. The Hall–Kier alpha value is -2.81. The van der Waals surface area contributed by atoms with E-state index in [9.17, 15) is 4.79 Å². The van der Waals surface area contributed by atoms with Crippen LogP contribution in [0.1, 0.15) is 22.8 Å². The third-order valence-corrected chi connectivity index (χ3v) is 6.72. The van der Waals surface area contributed by atoms with E-state index in [1.807, 2.05) is 50.2 Å². The Morgan fingerprint density at radius 1 is 1.16 bits per heavy atom. The number of amides is 1. The lowest BCUT2D eigenvalue weighted by Crippen LogP contribution is -2.34. The van der Waals surface area contributed by atoms with Gasteiger partial charge in [0.2, 0.25) is 0 Å². The summed E-state index contributed by atoms with van der Waals surface area (Å²) in [5.74, 6) is 0.387. The zero-order chi connectivity index (χ0) is 22.7. The van der Waals surface area contributed by atoms with Crippen LogP contribution in [0.25, 0.3) is 20.8 Å². The molecule has 0 saturated heterocycles. The fraction of sp³-hybridized carbons (Fsp3) is 0.125. The van der Waals surface area contributed by atoms with Crippen LogP contribution in [0.15, 0.2) is 65.1 Å². The van der Waals surface area contributed by atoms with E-state index in [4.69, 9.17) is 21.9 Å². The van der Waals surface area contributed by atoms with Crippen LogP contribution < -0.4 is 15.4 Å². The highest BCUT2D eigenvalue weighted by Crippen LogP contribution is 2.34. The lowest BCUT2D eigenvalue weighted by molar-refractivity contribution is 0.0977. The lowest BCUT2D eigenvalue weighted by Gasteiger charge is -2.14. The van der Waals surface area contributed by atoms with Crippen LogP contribution >= 0.6 is 39.5 Å². The summed E-state index contributed by atoms with van der Waals surface area (Å²) in [6, 6.07) is 19.2. The van der Waals surface area contributed by atoms with Gasteiger partial charge in [0.05, 0.1) is 21.3 Å². The molecule has 2 N–H and O–H groups in total. The highest BCUT2D eigenvalue weighted by atomic mass is 79.9. The second kappa shape index (κ2) is 9.77. The van der Waals surface area contributed by atoms with Gasteiger partial charge >= 0.3 is 0 Å². The van der Waals surface area contributed by atoms with Crippen LogP contribution in [0.2, 0.25) is 0 Å². The summed E-state index contributed by atoms with van der Waals surface area (Å²) in [4.78, 5) is 17.4. The molecule has 0 aliphatic carbocycles. The van der Waals surface area contributed by atoms with Gasteiger partial charge in [0.25, 0.3) is 5.91 Å². The maximum atomic E-state index is 12.6. The molecule has 0 bridgehead atoms. The van der Waals surface area contributed by atoms with E-state index in [1.54, 1.807) is 29.5 Å². The fourth-order valence-electron chi connectivity index (χ4n) is 3.23. The number of nitrogens with one attached hydrogen (secondary N) is 2. The van der Waals surface area contributed by atoms with Crippen molar-refractivity contribution in [2.24, 2.45) is 0 Å². The number of halogens is 1. The predicted octanol–water partition coefficient (Wildman–Crippen LogP) is 6.56. The zero-order valence-corrected chi connectivity index (χ0v) is 20.7. The van der Waals surface area contributed by atoms with Crippen molar-refractivity contribution in [1.82, 2.24) is 10.3 Å². The molecule has 1 heterocycles. The first-order valence-electron chi connectivity index (χ1n) is 9.96. The van der Waals surface area contributed by atoms with E-state index in [-0.39, 0.29) is 11.0 Å². The number of hydrogen-bond acceptors (Lipinski definition) is 5. The van der Waals surface area contributed by atoms with Crippen LogP contribution in [0.4, 0.5) is 5.69 Å². The first kappa shape index (κ1) is 22.4. The zero-order valence-electron chi connectivity index (χ0n) is 17.4. The lowest BCUT2D eigenvalue weighted by atomic mass is 10.1. The first-order chi connectivity index (χ1) is 15.5. The molecule has 1 aromatic heterocycles. The molecule has 0 radical (unpaired) electrons. The average Bonchev–Trinajstić information content (AvgIpc) is 3.20. The number of rotatable bonds is 5. The summed E-state index contributed by atoms with van der Waals surface area (Å²) in [6.45, 7) is 4.47. The Kier molecular flexibility index (Phi) is 6.83. The predicted molar refractivity (Wildman–Crippen MR) is 139 cm³/mol. The van der Waals surface area contributed by atoms with Crippen molar-refractivity contribution in [3.05, 3.63) is 76.3 Å². The normalized spacial score (nSPS) is 10.7. The van der Waals surface area contributed by atoms with Crippen molar-refractivity contribution < 1.29 is 9.53 Å². The maximum absolute atomic E-state index is 12.6. The number of thiazole rings is 1. The van der Waals surface area contributed by atoms with Crippen LogP contribution in [-0.4, -0.2) is 22.6 Å². The number of fused-ring (bicyclic) bond motifs is 1. The molecule has 4 rings (SSSR count). The smallest absolute Gasteiger partial charge is 0.257 e. The third kappa shape index (κ3) is 4.82. The number of anilines is 1. The van der Waals surface area contributed by atoms with Crippen molar-refractivity contribution in [2.45, 2.75) is 13.8 Å². The second-order valence-electron chi connectivity index (χ2n) is 6.95. The van der Waals surface area contributed by atoms with Gasteiger partial charge in [-0.3, -0.25) is 10.1 Å². The van der Waals surface area contributed by atoms with Crippen molar-refractivity contribution in [1.29, 1.82) is 0 Å². The third-order valence-electron chi connectivity index (χ3n) is 4.83. The first-order valence-corrected chi connectivity index (χ1v) is 12.0. The number of carbonyl (C=O) groups excluding carboxylic acids is 1. The molecule has 0 atom stereocenters. The van der Waals surface area contributed by atoms with Gasteiger partial charge < -0.3 is 10.1 Å². The maximum Gasteiger partial charge on any atom is 0.257 e. The molecule has 5 nitrogen and oxygen atoms in total. The Labute approximate surface area is 204 Å². The molecule has 8 heteroatoms. The van der Waals surface area contributed by atoms with Gasteiger partial charge in [-0.2, -0.15) is 0 Å². The molecule has 3 aromatic carbocycles. The summed E-state index contributed by atoms with van der Waals surface area (Å²) in [7, 11) is 0. The van der Waals surface area contributed by atoms with Gasteiger partial charge in [0.15, 0.2) is 5.11 Å². The van der Waals surface area contributed by atoms with Crippen LogP contribution in [-0.2, 0) is 0 Å². The van der Waals surface area contributed by atoms with Gasteiger partial charge in [-0.15, -0.1) is 11.3 Å². The van der Waals surface area contributed by atoms with Crippen LogP contribution in [0.5, 0.6) is 5.75 Å².